The van der Waals surface area contributed by atoms with Crippen molar-refractivity contribution in [2.45, 2.75) is 39.0 Å². The number of ketones is 1. The van der Waals surface area contributed by atoms with Crippen molar-refractivity contribution in [1.29, 1.82) is 0 Å². The molecule has 1 heterocycles. The van der Waals surface area contributed by atoms with E-state index in [1.54, 1.807) is 11.8 Å². The molecule has 4 nitrogen and oxygen atoms in total. The molecule has 0 N–H and O–H groups in total. The van der Waals surface area contributed by atoms with Crippen LogP contribution in [0.1, 0.15) is 39.0 Å². The molecule has 0 unspecified atom stereocenters. The Kier molecular flexibility index (Phi) is 5.15. The summed E-state index contributed by atoms with van der Waals surface area (Å²) in [5.41, 5.74) is 0. The van der Waals surface area contributed by atoms with Gasteiger partial charge in [-0.25, -0.2) is 4.79 Å². The lowest BCUT2D eigenvalue weighted by atomic mass is 10.1. The van der Waals surface area contributed by atoms with E-state index in [1.807, 2.05) is 0 Å². The monoisotopic (exact) mass is 213 g/mol. The number of amides is 1. The summed E-state index contributed by atoms with van der Waals surface area (Å²) in [6, 6.07) is 0. The fourth-order valence-electron chi connectivity index (χ4n) is 1.65. The van der Waals surface area contributed by atoms with Gasteiger partial charge in [-0.1, -0.05) is 0 Å². The molecule has 0 bridgehead atoms. The van der Waals surface area contributed by atoms with Gasteiger partial charge < -0.3 is 14.4 Å². The Morgan fingerprint density at radius 2 is 1.87 bits per heavy atom. The third-order valence-electron chi connectivity index (χ3n) is 2.51. The molecule has 0 saturated carbocycles. The summed E-state index contributed by atoms with van der Waals surface area (Å²) in [4.78, 5) is 23.8. The zero-order valence-corrected chi connectivity index (χ0v) is 9.33. The van der Waals surface area contributed by atoms with E-state index in [4.69, 9.17) is 4.74 Å². The molecule has 0 spiro atoms. The number of nitrogens with zero attached hydrogens (tertiary/aromatic N) is 1. The standard InChI is InChI=1S/C11H19NO3/c1-10(13)6-5-9-15-11(14)12-7-3-2-4-8-12/h2-9H2,1H3. The van der Waals surface area contributed by atoms with Gasteiger partial charge in [0, 0.05) is 19.5 Å². The summed E-state index contributed by atoms with van der Waals surface area (Å²) in [5, 5.41) is 0. The summed E-state index contributed by atoms with van der Waals surface area (Å²) in [6.07, 6.45) is 4.25. The van der Waals surface area contributed by atoms with Crippen LogP contribution in [-0.2, 0) is 9.53 Å². The van der Waals surface area contributed by atoms with Gasteiger partial charge in [-0.2, -0.15) is 0 Å². The highest BCUT2D eigenvalue weighted by Gasteiger charge is 2.17. The summed E-state index contributed by atoms with van der Waals surface area (Å²) < 4.78 is 5.07. The zero-order valence-electron chi connectivity index (χ0n) is 9.33. The van der Waals surface area contributed by atoms with E-state index in [9.17, 15) is 9.59 Å². The maximum Gasteiger partial charge on any atom is 0.409 e. The van der Waals surface area contributed by atoms with Crippen molar-refractivity contribution >= 4 is 11.9 Å². The van der Waals surface area contributed by atoms with Crippen LogP contribution in [0.2, 0.25) is 0 Å². The van der Waals surface area contributed by atoms with Crippen LogP contribution in [0.4, 0.5) is 4.79 Å². The van der Waals surface area contributed by atoms with E-state index in [0.717, 1.165) is 25.9 Å². The minimum absolute atomic E-state index is 0.143. The van der Waals surface area contributed by atoms with Crippen molar-refractivity contribution in [2.75, 3.05) is 19.7 Å². The van der Waals surface area contributed by atoms with E-state index >= 15 is 0 Å². The van der Waals surface area contributed by atoms with Crippen LogP contribution in [-0.4, -0.2) is 36.5 Å². The number of carbonyl (C=O) groups is 2. The average molecular weight is 213 g/mol. The average Bonchev–Trinajstić information content (AvgIpc) is 2.25. The van der Waals surface area contributed by atoms with Crippen molar-refractivity contribution in [3.63, 3.8) is 0 Å². The van der Waals surface area contributed by atoms with Crippen molar-refractivity contribution in [3.05, 3.63) is 0 Å². The van der Waals surface area contributed by atoms with Gasteiger partial charge in [-0.05, 0) is 32.6 Å². The first-order chi connectivity index (χ1) is 7.20. The lowest BCUT2D eigenvalue weighted by Gasteiger charge is -2.25. The largest absolute Gasteiger partial charge is 0.449 e. The molecular weight excluding hydrogens is 194 g/mol. The Bertz CT molecular complexity index is 222. The van der Waals surface area contributed by atoms with Crippen molar-refractivity contribution in [3.8, 4) is 0 Å². The Morgan fingerprint density at radius 1 is 1.20 bits per heavy atom. The molecule has 1 aliphatic rings. The van der Waals surface area contributed by atoms with Gasteiger partial charge in [0.15, 0.2) is 0 Å². The second-order valence-corrected chi connectivity index (χ2v) is 3.97. The molecule has 0 atom stereocenters. The third kappa shape index (κ3) is 4.81. The second-order valence-electron chi connectivity index (χ2n) is 3.97. The number of carbonyl (C=O) groups excluding carboxylic acids is 2. The Morgan fingerprint density at radius 3 is 2.47 bits per heavy atom. The van der Waals surface area contributed by atoms with Crippen LogP contribution in [0.15, 0.2) is 0 Å². The molecule has 15 heavy (non-hydrogen) atoms. The normalized spacial score (nSPS) is 16.2. The van der Waals surface area contributed by atoms with Crippen LogP contribution in [0, 0.1) is 0 Å². The smallest absolute Gasteiger partial charge is 0.409 e. The topological polar surface area (TPSA) is 46.6 Å². The summed E-state index contributed by atoms with van der Waals surface area (Å²) in [6.45, 7) is 3.53. The summed E-state index contributed by atoms with van der Waals surface area (Å²) >= 11 is 0. The second kappa shape index (κ2) is 6.43. The van der Waals surface area contributed by atoms with Crippen molar-refractivity contribution < 1.29 is 14.3 Å². The molecule has 86 valence electrons. The maximum absolute atomic E-state index is 11.5. The quantitative estimate of drug-likeness (QED) is 0.671. The highest BCUT2D eigenvalue weighted by molar-refractivity contribution is 5.75. The number of piperidine rings is 1. The molecule has 4 heteroatoms. The molecule has 1 aliphatic heterocycles. The Balaban J connectivity index is 2.09. The lowest BCUT2D eigenvalue weighted by Crippen LogP contribution is -2.36. The number of ether oxygens (including phenoxy) is 1. The first-order valence-corrected chi connectivity index (χ1v) is 5.61. The zero-order chi connectivity index (χ0) is 11.1. The van der Waals surface area contributed by atoms with E-state index in [-0.39, 0.29) is 11.9 Å². The first-order valence-electron chi connectivity index (χ1n) is 5.61. The minimum Gasteiger partial charge on any atom is -0.449 e. The van der Waals surface area contributed by atoms with Crippen LogP contribution < -0.4 is 0 Å². The number of Topliss-reactive ketones (excluding diaryl/α,β-unsaturated/α-hetero) is 1. The highest BCUT2D eigenvalue weighted by Crippen LogP contribution is 2.09. The van der Waals surface area contributed by atoms with E-state index in [2.05, 4.69) is 0 Å². The van der Waals surface area contributed by atoms with Gasteiger partial charge in [0.2, 0.25) is 0 Å². The molecular formula is C11H19NO3. The number of likely N-dealkylation sites (tertiary alicyclic amines) is 1. The molecule has 1 saturated heterocycles. The SMILES string of the molecule is CC(=O)CCCOC(=O)N1CCCCC1. The maximum atomic E-state index is 11.5. The summed E-state index contributed by atoms with van der Waals surface area (Å²) in [7, 11) is 0. The minimum atomic E-state index is -0.224. The first kappa shape index (κ1) is 12.0. The Hall–Kier alpha value is -1.06. The van der Waals surface area contributed by atoms with Gasteiger partial charge in [-0.15, -0.1) is 0 Å². The number of rotatable bonds is 4. The lowest BCUT2D eigenvalue weighted by molar-refractivity contribution is -0.117. The van der Waals surface area contributed by atoms with Crippen LogP contribution >= 0.6 is 0 Å². The Labute approximate surface area is 90.6 Å². The van der Waals surface area contributed by atoms with Crippen LogP contribution in [0.5, 0.6) is 0 Å². The molecule has 1 amide bonds. The van der Waals surface area contributed by atoms with Crippen LogP contribution in [0.3, 0.4) is 0 Å². The number of hydrogen-bond acceptors (Lipinski definition) is 3. The third-order valence-corrected chi connectivity index (χ3v) is 2.51. The summed E-state index contributed by atoms with van der Waals surface area (Å²) in [5.74, 6) is 0.143. The fourth-order valence-corrected chi connectivity index (χ4v) is 1.65. The molecule has 0 aliphatic carbocycles. The van der Waals surface area contributed by atoms with Crippen molar-refractivity contribution in [2.24, 2.45) is 0 Å². The van der Waals surface area contributed by atoms with Gasteiger partial charge in [0.25, 0.3) is 0 Å². The molecule has 0 aromatic rings. The van der Waals surface area contributed by atoms with Gasteiger partial charge in [0.05, 0.1) is 6.61 Å². The van der Waals surface area contributed by atoms with Crippen molar-refractivity contribution in [1.82, 2.24) is 4.90 Å². The highest BCUT2D eigenvalue weighted by atomic mass is 16.6. The number of hydrogen-bond donors (Lipinski definition) is 0. The van der Waals surface area contributed by atoms with E-state index in [0.29, 0.717) is 19.4 Å². The fraction of sp³-hybridized carbons (Fsp3) is 0.818. The molecule has 1 fully saturated rings. The molecule has 0 radical (unpaired) electrons. The molecule has 0 aromatic carbocycles. The van der Waals surface area contributed by atoms with E-state index in [1.165, 1.54) is 6.42 Å². The van der Waals surface area contributed by atoms with Gasteiger partial charge >= 0.3 is 6.09 Å². The van der Waals surface area contributed by atoms with Gasteiger partial charge in [0.1, 0.15) is 5.78 Å². The van der Waals surface area contributed by atoms with E-state index < -0.39 is 0 Å². The van der Waals surface area contributed by atoms with Crippen LogP contribution in [0.25, 0.3) is 0 Å². The predicted molar refractivity (Wildman–Crippen MR) is 56.7 cm³/mol. The van der Waals surface area contributed by atoms with Gasteiger partial charge in [-0.3, -0.25) is 0 Å². The molecule has 0 aromatic heterocycles. The predicted octanol–water partition coefficient (Wildman–Crippen LogP) is 1.98. The molecule has 1 rings (SSSR count).